The number of halogens is 1. The highest BCUT2D eigenvalue weighted by Crippen LogP contribution is 2.32. The summed E-state index contributed by atoms with van der Waals surface area (Å²) in [6.45, 7) is 9.87. The second kappa shape index (κ2) is 10.7. The second-order valence-electron chi connectivity index (χ2n) is 9.49. The van der Waals surface area contributed by atoms with Crippen LogP contribution in [-0.4, -0.2) is 34.8 Å². The molecular formula is C27H33BrN2O4. The predicted octanol–water partition coefficient (Wildman–Crippen LogP) is 5.92. The van der Waals surface area contributed by atoms with Gasteiger partial charge in [-0.25, -0.2) is 9.80 Å². The largest absolute Gasteiger partial charge is 0.476 e. The van der Waals surface area contributed by atoms with Crippen molar-refractivity contribution in [2.24, 2.45) is 10.5 Å². The van der Waals surface area contributed by atoms with Crippen LogP contribution in [0.5, 0.6) is 5.75 Å². The summed E-state index contributed by atoms with van der Waals surface area (Å²) in [4.78, 5) is 25.0. The fraction of sp³-hybridized carbons (Fsp3) is 0.444. The number of nitrogens with zero attached hydrogens (tertiary/aromatic N) is 2. The van der Waals surface area contributed by atoms with E-state index in [-0.39, 0.29) is 11.9 Å². The maximum atomic E-state index is 12.9. The van der Waals surface area contributed by atoms with Crippen LogP contribution in [0.1, 0.15) is 58.6 Å². The van der Waals surface area contributed by atoms with E-state index in [1.807, 2.05) is 62.4 Å². The van der Waals surface area contributed by atoms with Crippen molar-refractivity contribution in [2.45, 2.75) is 66.0 Å². The molecule has 1 heterocycles. The standard InChI is InChI=1S/C27H33BrN2O4/c1-6-33-25(32)27(4,5)34-22-16-12-19(13-17-22)8-7-9-23-26(2,3)24(31)30(29-23)18-20-10-14-21(28)15-11-20/h10-17H,6-9,18H2,1-5H3. The molecule has 34 heavy (non-hydrogen) atoms. The Labute approximate surface area is 210 Å². The first kappa shape index (κ1) is 25.9. The van der Waals surface area contributed by atoms with E-state index < -0.39 is 11.0 Å². The highest BCUT2D eigenvalue weighted by atomic mass is 79.9. The number of aryl methyl sites for hydroxylation is 1. The Bertz CT molecular complexity index is 1040. The van der Waals surface area contributed by atoms with Crippen LogP contribution in [0.15, 0.2) is 58.1 Å². The molecule has 182 valence electrons. The van der Waals surface area contributed by atoms with E-state index in [4.69, 9.17) is 9.47 Å². The molecule has 0 saturated carbocycles. The van der Waals surface area contributed by atoms with E-state index in [0.717, 1.165) is 40.6 Å². The minimum absolute atomic E-state index is 0.0381. The Hall–Kier alpha value is -2.67. The summed E-state index contributed by atoms with van der Waals surface area (Å²) in [5, 5.41) is 6.27. The summed E-state index contributed by atoms with van der Waals surface area (Å²) >= 11 is 3.44. The van der Waals surface area contributed by atoms with Gasteiger partial charge in [0.2, 0.25) is 0 Å². The van der Waals surface area contributed by atoms with Gasteiger partial charge in [0.25, 0.3) is 5.91 Å². The summed E-state index contributed by atoms with van der Waals surface area (Å²) in [7, 11) is 0. The Morgan fingerprint density at radius 1 is 1.03 bits per heavy atom. The lowest BCUT2D eigenvalue weighted by Crippen LogP contribution is -2.39. The Kier molecular flexibility index (Phi) is 8.18. The predicted molar refractivity (Wildman–Crippen MR) is 137 cm³/mol. The monoisotopic (exact) mass is 528 g/mol. The third-order valence-electron chi connectivity index (χ3n) is 5.92. The van der Waals surface area contributed by atoms with Gasteiger partial charge in [0.05, 0.1) is 24.3 Å². The minimum atomic E-state index is -1.04. The number of hydrogen-bond donors (Lipinski definition) is 0. The van der Waals surface area contributed by atoms with E-state index in [9.17, 15) is 9.59 Å². The summed E-state index contributed by atoms with van der Waals surface area (Å²) in [6, 6.07) is 15.7. The molecule has 0 saturated heterocycles. The molecule has 6 nitrogen and oxygen atoms in total. The third kappa shape index (κ3) is 6.26. The van der Waals surface area contributed by atoms with Gasteiger partial charge in [0.15, 0.2) is 5.60 Å². The molecule has 0 atom stereocenters. The minimum Gasteiger partial charge on any atom is -0.476 e. The van der Waals surface area contributed by atoms with Crippen molar-refractivity contribution in [1.29, 1.82) is 0 Å². The van der Waals surface area contributed by atoms with Gasteiger partial charge in [-0.15, -0.1) is 0 Å². The van der Waals surface area contributed by atoms with Gasteiger partial charge >= 0.3 is 5.97 Å². The van der Waals surface area contributed by atoms with Crippen molar-refractivity contribution in [3.63, 3.8) is 0 Å². The molecule has 2 aromatic rings. The number of amides is 1. The zero-order valence-electron chi connectivity index (χ0n) is 20.6. The zero-order chi connectivity index (χ0) is 24.9. The Morgan fingerprint density at radius 3 is 2.26 bits per heavy atom. The summed E-state index contributed by atoms with van der Waals surface area (Å²) in [5.74, 6) is 0.274. The first-order valence-corrected chi connectivity index (χ1v) is 12.4. The van der Waals surface area contributed by atoms with Gasteiger partial charge in [0, 0.05) is 4.47 Å². The molecule has 0 aliphatic carbocycles. The van der Waals surface area contributed by atoms with Gasteiger partial charge in [-0.1, -0.05) is 40.2 Å². The van der Waals surface area contributed by atoms with Gasteiger partial charge < -0.3 is 9.47 Å². The van der Waals surface area contributed by atoms with E-state index in [1.54, 1.807) is 25.8 Å². The van der Waals surface area contributed by atoms with Gasteiger partial charge in [-0.2, -0.15) is 5.10 Å². The topological polar surface area (TPSA) is 68.2 Å². The molecule has 2 aromatic carbocycles. The van der Waals surface area contributed by atoms with Crippen LogP contribution >= 0.6 is 15.9 Å². The van der Waals surface area contributed by atoms with Crippen LogP contribution in [0.25, 0.3) is 0 Å². The molecule has 1 aliphatic rings. The Balaban J connectivity index is 1.56. The first-order valence-electron chi connectivity index (χ1n) is 11.6. The molecule has 0 N–H and O–H groups in total. The maximum Gasteiger partial charge on any atom is 0.349 e. The van der Waals surface area contributed by atoms with Crippen molar-refractivity contribution in [3.8, 4) is 5.75 Å². The molecule has 0 fully saturated rings. The van der Waals surface area contributed by atoms with Crippen molar-refractivity contribution < 1.29 is 19.1 Å². The normalized spacial score (nSPS) is 15.3. The van der Waals surface area contributed by atoms with E-state index in [2.05, 4.69) is 21.0 Å². The summed E-state index contributed by atoms with van der Waals surface area (Å²) in [5.41, 5.74) is 1.50. The van der Waals surface area contributed by atoms with Crippen molar-refractivity contribution >= 4 is 33.5 Å². The number of ether oxygens (including phenoxy) is 2. The summed E-state index contributed by atoms with van der Waals surface area (Å²) in [6.07, 6.45) is 2.50. The van der Waals surface area contributed by atoms with Crippen LogP contribution in [0, 0.1) is 5.41 Å². The van der Waals surface area contributed by atoms with Gasteiger partial charge in [-0.3, -0.25) is 4.79 Å². The quantitative estimate of drug-likeness (QED) is 0.359. The maximum absolute atomic E-state index is 12.9. The second-order valence-corrected chi connectivity index (χ2v) is 10.4. The molecule has 1 amide bonds. The molecular weight excluding hydrogens is 496 g/mol. The molecule has 0 spiro atoms. The number of hydrogen-bond acceptors (Lipinski definition) is 5. The summed E-state index contributed by atoms with van der Waals surface area (Å²) < 4.78 is 11.9. The number of benzene rings is 2. The number of rotatable bonds is 10. The van der Waals surface area contributed by atoms with Gasteiger partial charge in [-0.05, 0) is 89.3 Å². The molecule has 0 aromatic heterocycles. The van der Waals surface area contributed by atoms with E-state index in [1.165, 1.54) is 0 Å². The molecule has 1 aliphatic heterocycles. The van der Waals surface area contributed by atoms with Crippen molar-refractivity contribution in [3.05, 3.63) is 64.1 Å². The van der Waals surface area contributed by atoms with E-state index in [0.29, 0.717) is 18.9 Å². The smallest absolute Gasteiger partial charge is 0.349 e. The highest BCUT2D eigenvalue weighted by molar-refractivity contribution is 9.10. The van der Waals surface area contributed by atoms with Crippen LogP contribution in [-0.2, 0) is 27.3 Å². The lowest BCUT2D eigenvalue weighted by atomic mass is 9.84. The molecule has 0 radical (unpaired) electrons. The zero-order valence-corrected chi connectivity index (χ0v) is 22.1. The average Bonchev–Trinajstić information content (AvgIpc) is 2.99. The fourth-order valence-corrected chi connectivity index (χ4v) is 4.08. The Morgan fingerprint density at radius 2 is 1.65 bits per heavy atom. The molecule has 0 unspecified atom stereocenters. The molecule has 0 bridgehead atoms. The van der Waals surface area contributed by atoms with Crippen LogP contribution in [0.4, 0.5) is 0 Å². The highest BCUT2D eigenvalue weighted by Gasteiger charge is 2.42. The first-order chi connectivity index (χ1) is 16.0. The third-order valence-corrected chi connectivity index (χ3v) is 6.45. The number of esters is 1. The van der Waals surface area contributed by atoms with Crippen molar-refractivity contribution in [2.75, 3.05) is 6.61 Å². The molecule has 3 rings (SSSR count). The van der Waals surface area contributed by atoms with Gasteiger partial charge in [0.1, 0.15) is 5.75 Å². The van der Waals surface area contributed by atoms with Crippen molar-refractivity contribution in [1.82, 2.24) is 5.01 Å². The fourth-order valence-electron chi connectivity index (χ4n) is 3.82. The lowest BCUT2D eigenvalue weighted by Gasteiger charge is -2.24. The van der Waals surface area contributed by atoms with Crippen LogP contribution < -0.4 is 4.74 Å². The number of carbonyl (C=O) groups is 2. The van der Waals surface area contributed by atoms with Crippen LogP contribution in [0.3, 0.4) is 0 Å². The number of carbonyl (C=O) groups excluding carboxylic acids is 2. The molecule has 7 heteroatoms. The SMILES string of the molecule is CCOC(=O)C(C)(C)Oc1ccc(CCCC2=NN(Cc3ccc(Br)cc3)C(=O)C2(C)C)cc1. The van der Waals surface area contributed by atoms with E-state index >= 15 is 0 Å². The lowest BCUT2D eigenvalue weighted by molar-refractivity contribution is -0.158. The number of hydrazone groups is 1. The average molecular weight is 529 g/mol. The van der Waals surface area contributed by atoms with Crippen LogP contribution in [0.2, 0.25) is 0 Å².